The molecule has 1 aromatic heterocycles. The van der Waals surface area contributed by atoms with Crippen LogP contribution in [0.2, 0.25) is 0 Å². The van der Waals surface area contributed by atoms with Crippen LogP contribution in [0.25, 0.3) is 0 Å². The summed E-state index contributed by atoms with van der Waals surface area (Å²) < 4.78 is 0. The summed E-state index contributed by atoms with van der Waals surface area (Å²) in [5, 5.41) is 11.9. The van der Waals surface area contributed by atoms with E-state index in [9.17, 15) is 0 Å². The van der Waals surface area contributed by atoms with Gasteiger partial charge in [-0.3, -0.25) is 0 Å². The standard InChI is InChI=1S/C9H16N4O/c1-13(2)6-5-11-9-10-4-3-8(7-14)12-9/h3-4,14H,5-7H2,1-2H3,(H,10,11,12). The number of aliphatic hydroxyl groups excluding tert-OH is 1. The number of rotatable bonds is 5. The Balaban J connectivity index is 2.42. The van der Waals surface area contributed by atoms with Crippen molar-refractivity contribution >= 4 is 5.95 Å². The summed E-state index contributed by atoms with van der Waals surface area (Å²) in [4.78, 5) is 10.2. The average Bonchev–Trinajstić information content (AvgIpc) is 2.18. The number of hydrogen-bond acceptors (Lipinski definition) is 5. The van der Waals surface area contributed by atoms with Crippen molar-refractivity contribution in [1.29, 1.82) is 0 Å². The van der Waals surface area contributed by atoms with Gasteiger partial charge in [-0.25, -0.2) is 9.97 Å². The highest BCUT2D eigenvalue weighted by molar-refractivity contribution is 5.24. The monoisotopic (exact) mass is 196 g/mol. The fraction of sp³-hybridized carbons (Fsp3) is 0.556. The van der Waals surface area contributed by atoms with Crippen LogP contribution in [0.5, 0.6) is 0 Å². The van der Waals surface area contributed by atoms with Gasteiger partial charge >= 0.3 is 0 Å². The Morgan fingerprint density at radius 3 is 2.93 bits per heavy atom. The molecule has 0 aromatic carbocycles. The third-order valence-electron chi connectivity index (χ3n) is 1.72. The minimum absolute atomic E-state index is 0.0507. The first-order valence-corrected chi connectivity index (χ1v) is 4.54. The van der Waals surface area contributed by atoms with E-state index in [0.29, 0.717) is 11.6 Å². The van der Waals surface area contributed by atoms with Gasteiger partial charge in [0.15, 0.2) is 0 Å². The molecule has 0 aliphatic heterocycles. The zero-order valence-corrected chi connectivity index (χ0v) is 8.56. The summed E-state index contributed by atoms with van der Waals surface area (Å²) >= 11 is 0. The lowest BCUT2D eigenvalue weighted by molar-refractivity contribution is 0.277. The van der Waals surface area contributed by atoms with Gasteiger partial charge in [0.1, 0.15) is 0 Å². The second kappa shape index (κ2) is 5.51. The SMILES string of the molecule is CN(C)CCNc1nccc(CO)n1. The van der Waals surface area contributed by atoms with Gasteiger partial charge in [-0.15, -0.1) is 0 Å². The summed E-state index contributed by atoms with van der Waals surface area (Å²) in [5.74, 6) is 0.568. The van der Waals surface area contributed by atoms with Gasteiger partial charge in [0.25, 0.3) is 0 Å². The molecule has 0 amide bonds. The predicted octanol–water partition coefficient (Wildman–Crippen LogP) is -0.0576. The first-order chi connectivity index (χ1) is 6.72. The molecule has 0 fully saturated rings. The average molecular weight is 196 g/mol. The van der Waals surface area contributed by atoms with Crippen molar-refractivity contribution in [1.82, 2.24) is 14.9 Å². The molecule has 1 aromatic rings. The summed E-state index contributed by atoms with van der Waals surface area (Å²) in [7, 11) is 4.01. The molecule has 0 saturated heterocycles. The van der Waals surface area contributed by atoms with E-state index in [1.165, 1.54) is 0 Å². The molecule has 1 heterocycles. The molecule has 0 saturated carbocycles. The van der Waals surface area contributed by atoms with Crippen LogP contribution < -0.4 is 5.32 Å². The Morgan fingerprint density at radius 1 is 1.50 bits per heavy atom. The van der Waals surface area contributed by atoms with Gasteiger partial charge in [-0.05, 0) is 20.2 Å². The van der Waals surface area contributed by atoms with Gasteiger partial charge < -0.3 is 15.3 Å². The molecule has 0 unspecified atom stereocenters. The number of nitrogens with one attached hydrogen (secondary N) is 1. The molecule has 0 bridgehead atoms. The lowest BCUT2D eigenvalue weighted by atomic mass is 10.4. The summed E-state index contributed by atoms with van der Waals surface area (Å²) in [6.07, 6.45) is 1.64. The molecule has 5 heteroatoms. The van der Waals surface area contributed by atoms with Gasteiger partial charge in [0.05, 0.1) is 12.3 Å². The summed E-state index contributed by atoms with van der Waals surface area (Å²) in [5.41, 5.74) is 0.632. The van der Waals surface area contributed by atoms with E-state index in [2.05, 4.69) is 20.2 Å². The van der Waals surface area contributed by atoms with Crippen LogP contribution >= 0.6 is 0 Å². The first kappa shape index (κ1) is 10.9. The van der Waals surface area contributed by atoms with Crippen LogP contribution in [0.1, 0.15) is 5.69 Å². The highest BCUT2D eigenvalue weighted by Crippen LogP contribution is 1.99. The molecule has 5 nitrogen and oxygen atoms in total. The van der Waals surface area contributed by atoms with Crippen molar-refractivity contribution in [2.75, 3.05) is 32.5 Å². The third kappa shape index (κ3) is 3.68. The van der Waals surface area contributed by atoms with E-state index in [1.54, 1.807) is 12.3 Å². The molecule has 0 atom stereocenters. The minimum atomic E-state index is -0.0507. The molecule has 0 radical (unpaired) electrons. The van der Waals surface area contributed by atoms with E-state index in [-0.39, 0.29) is 6.61 Å². The zero-order valence-electron chi connectivity index (χ0n) is 8.56. The van der Waals surface area contributed by atoms with Crippen LogP contribution in [0.15, 0.2) is 12.3 Å². The maximum Gasteiger partial charge on any atom is 0.222 e. The zero-order chi connectivity index (χ0) is 10.4. The number of aliphatic hydroxyl groups is 1. The maximum absolute atomic E-state index is 8.85. The number of aromatic nitrogens is 2. The van der Waals surface area contributed by atoms with Crippen LogP contribution in [0.3, 0.4) is 0 Å². The molecule has 0 aliphatic rings. The van der Waals surface area contributed by atoms with E-state index in [1.807, 2.05) is 14.1 Å². The molecule has 0 aliphatic carbocycles. The molecule has 78 valence electrons. The molecule has 14 heavy (non-hydrogen) atoms. The van der Waals surface area contributed by atoms with E-state index >= 15 is 0 Å². The second-order valence-electron chi connectivity index (χ2n) is 3.26. The van der Waals surface area contributed by atoms with Crippen LogP contribution in [-0.4, -0.2) is 47.2 Å². The number of nitrogens with zero attached hydrogens (tertiary/aromatic N) is 3. The van der Waals surface area contributed by atoms with Gasteiger partial charge in [-0.2, -0.15) is 0 Å². The quantitative estimate of drug-likeness (QED) is 0.691. The predicted molar refractivity (Wildman–Crippen MR) is 55.0 cm³/mol. The second-order valence-corrected chi connectivity index (χ2v) is 3.26. The number of likely N-dealkylation sites (N-methyl/N-ethyl adjacent to an activating group) is 1. The van der Waals surface area contributed by atoms with Crippen LogP contribution in [-0.2, 0) is 6.61 Å². The first-order valence-electron chi connectivity index (χ1n) is 4.54. The van der Waals surface area contributed by atoms with E-state index < -0.39 is 0 Å². The largest absolute Gasteiger partial charge is 0.390 e. The minimum Gasteiger partial charge on any atom is -0.390 e. The number of hydrogen-bond donors (Lipinski definition) is 2. The Kier molecular flexibility index (Phi) is 4.28. The van der Waals surface area contributed by atoms with Gasteiger partial charge in [-0.1, -0.05) is 0 Å². The summed E-state index contributed by atoms with van der Waals surface area (Å²) in [6.45, 7) is 1.67. The summed E-state index contributed by atoms with van der Waals surface area (Å²) in [6, 6.07) is 1.69. The number of anilines is 1. The van der Waals surface area contributed by atoms with Crippen LogP contribution in [0, 0.1) is 0 Å². The fourth-order valence-electron chi connectivity index (χ4n) is 0.961. The molecular weight excluding hydrogens is 180 g/mol. The molecule has 1 rings (SSSR count). The van der Waals surface area contributed by atoms with Crippen molar-refractivity contribution in [3.63, 3.8) is 0 Å². The van der Waals surface area contributed by atoms with Gasteiger partial charge in [0.2, 0.25) is 5.95 Å². The maximum atomic E-state index is 8.85. The Hall–Kier alpha value is -1.20. The van der Waals surface area contributed by atoms with E-state index in [4.69, 9.17) is 5.11 Å². The van der Waals surface area contributed by atoms with Crippen molar-refractivity contribution in [2.24, 2.45) is 0 Å². The topological polar surface area (TPSA) is 61.3 Å². The molecule has 2 N–H and O–H groups in total. The third-order valence-corrected chi connectivity index (χ3v) is 1.72. The van der Waals surface area contributed by atoms with Crippen molar-refractivity contribution in [2.45, 2.75) is 6.61 Å². The Morgan fingerprint density at radius 2 is 2.29 bits per heavy atom. The van der Waals surface area contributed by atoms with Crippen molar-refractivity contribution in [3.8, 4) is 0 Å². The lowest BCUT2D eigenvalue weighted by Gasteiger charge is -2.10. The molecular formula is C9H16N4O. The van der Waals surface area contributed by atoms with Crippen molar-refractivity contribution in [3.05, 3.63) is 18.0 Å². The van der Waals surface area contributed by atoms with Crippen LogP contribution in [0.4, 0.5) is 5.95 Å². The van der Waals surface area contributed by atoms with E-state index in [0.717, 1.165) is 13.1 Å². The Bertz CT molecular complexity index is 277. The lowest BCUT2D eigenvalue weighted by Crippen LogP contribution is -2.21. The normalized spacial score (nSPS) is 10.6. The Labute approximate surface area is 83.8 Å². The fourth-order valence-corrected chi connectivity index (χ4v) is 0.961. The molecule has 0 spiro atoms. The smallest absolute Gasteiger partial charge is 0.222 e. The highest BCUT2D eigenvalue weighted by Gasteiger charge is 1.97. The van der Waals surface area contributed by atoms with Crippen molar-refractivity contribution < 1.29 is 5.11 Å². The van der Waals surface area contributed by atoms with Gasteiger partial charge in [0, 0.05) is 19.3 Å². The highest BCUT2D eigenvalue weighted by atomic mass is 16.3.